The van der Waals surface area contributed by atoms with Crippen LogP contribution in [0.3, 0.4) is 0 Å². The van der Waals surface area contributed by atoms with E-state index in [1.165, 1.54) is 5.56 Å². The summed E-state index contributed by atoms with van der Waals surface area (Å²) in [5.41, 5.74) is 1.30. The Bertz CT molecular complexity index is 443. The van der Waals surface area contributed by atoms with Crippen LogP contribution in [0.15, 0.2) is 29.7 Å². The molecule has 0 aromatic carbocycles. The third kappa shape index (κ3) is 3.79. The molecule has 2 heterocycles. The summed E-state index contributed by atoms with van der Waals surface area (Å²) < 4.78 is 1.69. The summed E-state index contributed by atoms with van der Waals surface area (Å²) >= 11 is 1.67. The Morgan fingerprint density at radius 3 is 2.88 bits per heavy atom. The van der Waals surface area contributed by atoms with Gasteiger partial charge in [-0.1, -0.05) is 11.8 Å². The predicted octanol–water partition coefficient (Wildman–Crippen LogP) is -0.539. The van der Waals surface area contributed by atoms with Gasteiger partial charge < -0.3 is 5.32 Å². The van der Waals surface area contributed by atoms with Gasteiger partial charge in [-0.3, -0.25) is 4.98 Å². The van der Waals surface area contributed by atoms with E-state index in [-0.39, 0.29) is 0 Å². The van der Waals surface area contributed by atoms with Crippen molar-refractivity contribution in [1.29, 1.82) is 0 Å². The second kappa shape index (κ2) is 6.31. The summed E-state index contributed by atoms with van der Waals surface area (Å²) in [5, 5.41) is 14.4. The van der Waals surface area contributed by atoms with Gasteiger partial charge in [0.2, 0.25) is 5.16 Å². The van der Waals surface area contributed by atoms with Crippen molar-refractivity contribution in [3.05, 3.63) is 30.1 Å². The number of nitrogens with two attached hydrogens (primary N) is 1. The lowest BCUT2D eigenvalue weighted by Gasteiger charge is -2.01. The Morgan fingerprint density at radius 2 is 2.18 bits per heavy atom. The predicted molar refractivity (Wildman–Crippen MR) is 64.3 cm³/mol. The van der Waals surface area contributed by atoms with Crippen LogP contribution in [0.25, 0.3) is 0 Å². The average Bonchev–Trinajstić information content (AvgIpc) is 2.76. The van der Waals surface area contributed by atoms with Gasteiger partial charge in [-0.15, -0.1) is 5.10 Å². The van der Waals surface area contributed by atoms with E-state index in [2.05, 4.69) is 25.8 Å². The molecule has 17 heavy (non-hydrogen) atoms. The molecule has 0 spiro atoms. The van der Waals surface area contributed by atoms with Crippen LogP contribution in [0, 0.1) is 0 Å². The van der Waals surface area contributed by atoms with Gasteiger partial charge in [0.1, 0.15) is 6.54 Å². The standard InChI is InChI=1S/C10H14N6S/c1-16-10(13-14-15-16)17-7-6-12-8-9-2-4-11-5-3-9/h2-5,12H,6-8H2,1H3/p+1. The highest BCUT2D eigenvalue weighted by atomic mass is 32.2. The van der Waals surface area contributed by atoms with Gasteiger partial charge >= 0.3 is 0 Å². The van der Waals surface area contributed by atoms with E-state index in [1.54, 1.807) is 16.4 Å². The molecule has 0 atom stereocenters. The van der Waals surface area contributed by atoms with Gasteiger partial charge in [0.15, 0.2) is 0 Å². The summed E-state index contributed by atoms with van der Waals surface area (Å²) in [4.78, 5) is 3.99. The van der Waals surface area contributed by atoms with Gasteiger partial charge in [0.05, 0.1) is 12.3 Å². The highest BCUT2D eigenvalue weighted by molar-refractivity contribution is 7.99. The van der Waals surface area contributed by atoms with Crippen LogP contribution >= 0.6 is 11.8 Å². The number of pyridine rings is 1. The number of aromatic nitrogens is 5. The van der Waals surface area contributed by atoms with E-state index >= 15 is 0 Å². The van der Waals surface area contributed by atoms with Gasteiger partial charge in [-0.05, 0) is 22.6 Å². The van der Waals surface area contributed by atoms with Crippen molar-refractivity contribution in [2.45, 2.75) is 11.7 Å². The average molecular weight is 251 g/mol. The third-order valence-corrected chi connectivity index (χ3v) is 3.31. The Labute approximate surface area is 104 Å². The zero-order chi connectivity index (χ0) is 11.9. The SMILES string of the molecule is Cn1nnnc1SCC[NH2+]Cc1ccncc1. The Balaban J connectivity index is 1.63. The molecule has 0 fully saturated rings. The molecule has 7 heteroatoms. The van der Waals surface area contributed by atoms with Crippen molar-refractivity contribution in [2.24, 2.45) is 7.05 Å². The minimum atomic E-state index is 0.863. The van der Waals surface area contributed by atoms with Crippen LogP contribution in [-0.4, -0.2) is 37.5 Å². The number of thioether (sulfide) groups is 1. The molecule has 0 aliphatic carbocycles. The lowest BCUT2D eigenvalue weighted by molar-refractivity contribution is -0.666. The molecule has 2 rings (SSSR count). The Morgan fingerprint density at radius 1 is 1.35 bits per heavy atom. The molecular weight excluding hydrogens is 236 g/mol. The van der Waals surface area contributed by atoms with Crippen molar-refractivity contribution >= 4 is 11.8 Å². The van der Waals surface area contributed by atoms with Crippen LogP contribution in [0.4, 0.5) is 0 Å². The molecular formula is C10H15N6S+. The monoisotopic (exact) mass is 251 g/mol. The minimum Gasteiger partial charge on any atom is -0.342 e. The van der Waals surface area contributed by atoms with Crippen LogP contribution in [0.2, 0.25) is 0 Å². The van der Waals surface area contributed by atoms with E-state index in [1.807, 2.05) is 31.6 Å². The van der Waals surface area contributed by atoms with E-state index in [0.717, 1.165) is 24.0 Å². The first kappa shape index (κ1) is 12.0. The highest BCUT2D eigenvalue weighted by Gasteiger charge is 2.02. The van der Waals surface area contributed by atoms with E-state index in [0.29, 0.717) is 0 Å². The molecule has 2 N–H and O–H groups in total. The largest absolute Gasteiger partial charge is 0.342 e. The van der Waals surface area contributed by atoms with Crippen LogP contribution in [0.1, 0.15) is 5.56 Å². The van der Waals surface area contributed by atoms with Crippen LogP contribution in [0.5, 0.6) is 0 Å². The number of quaternary nitrogens is 1. The summed E-state index contributed by atoms with van der Waals surface area (Å²) in [7, 11) is 1.85. The van der Waals surface area contributed by atoms with Gasteiger partial charge in [0.25, 0.3) is 0 Å². The number of nitrogens with zero attached hydrogens (tertiary/aromatic N) is 5. The maximum Gasteiger partial charge on any atom is 0.209 e. The molecule has 90 valence electrons. The first-order valence-corrected chi connectivity index (χ1v) is 6.40. The van der Waals surface area contributed by atoms with Crippen molar-refractivity contribution in [3.8, 4) is 0 Å². The summed E-state index contributed by atoms with van der Waals surface area (Å²) in [5.74, 6) is 0.999. The fraction of sp³-hybridized carbons (Fsp3) is 0.400. The first-order chi connectivity index (χ1) is 8.36. The summed E-state index contributed by atoms with van der Waals surface area (Å²) in [6.07, 6.45) is 3.65. The van der Waals surface area contributed by atoms with Crippen LogP contribution < -0.4 is 5.32 Å². The topological polar surface area (TPSA) is 73.1 Å². The molecule has 0 unspecified atom stereocenters. The molecule has 2 aromatic heterocycles. The molecule has 6 nitrogen and oxygen atoms in total. The zero-order valence-electron chi connectivity index (χ0n) is 9.65. The highest BCUT2D eigenvalue weighted by Crippen LogP contribution is 2.09. The zero-order valence-corrected chi connectivity index (χ0v) is 10.5. The van der Waals surface area contributed by atoms with Gasteiger partial charge in [-0.25, -0.2) is 4.68 Å². The normalized spacial score (nSPS) is 10.6. The number of tetrazole rings is 1. The second-order valence-corrected chi connectivity index (χ2v) is 4.63. The quantitative estimate of drug-likeness (QED) is 0.551. The second-order valence-electron chi connectivity index (χ2n) is 3.57. The number of aryl methyl sites for hydroxylation is 1. The molecule has 0 radical (unpaired) electrons. The molecule has 0 amide bonds. The number of hydrogen-bond acceptors (Lipinski definition) is 5. The van der Waals surface area contributed by atoms with Crippen molar-refractivity contribution in [3.63, 3.8) is 0 Å². The maximum absolute atomic E-state index is 3.99. The summed E-state index contributed by atoms with van der Waals surface area (Å²) in [6.45, 7) is 2.03. The fourth-order valence-electron chi connectivity index (χ4n) is 1.36. The van der Waals surface area contributed by atoms with Crippen molar-refractivity contribution < 1.29 is 5.32 Å². The van der Waals surface area contributed by atoms with Gasteiger partial charge in [0, 0.05) is 25.0 Å². The maximum atomic E-state index is 3.99. The van der Waals surface area contributed by atoms with Gasteiger partial charge in [-0.2, -0.15) is 0 Å². The Kier molecular flexibility index (Phi) is 4.45. The fourth-order valence-corrected chi connectivity index (χ4v) is 2.15. The number of hydrogen-bond donors (Lipinski definition) is 1. The minimum absolute atomic E-state index is 0.863. The molecule has 0 aliphatic heterocycles. The first-order valence-electron chi connectivity index (χ1n) is 5.42. The van der Waals surface area contributed by atoms with E-state index in [9.17, 15) is 0 Å². The lowest BCUT2D eigenvalue weighted by atomic mass is 10.3. The van der Waals surface area contributed by atoms with E-state index in [4.69, 9.17) is 0 Å². The van der Waals surface area contributed by atoms with Crippen LogP contribution in [-0.2, 0) is 13.6 Å². The molecule has 2 aromatic rings. The Hall–Kier alpha value is -1.47. The molecule has 0 saturated heterocycles. The third-order valence-electron chi connectivity index (χ3n) is 2.26. The summed E-state index contributed by atoms with van der Waals surface area (Å²) in [6, 6.07) is 4.08. The van der Waals surface area contributed by atoms with E-state index < -0.39 is 0 Å². The molecule has 0 aliphatic rings. The lowest BCUT2D eigenvalue weighted by Crippen LogP contribution is -2.83. The molecule has 0 bridgehead atoms. The van der Waals surface area contributed by atoms with Crippen molar-refractivity contribution in [1.82, 2.24) is 25.2 Å². The molecule has 0 saturated carbocycles. The number of rotatable bonds is 6. The van der Waals surface area contributed by atoms with Crippen molar-refractivity contribution in [2.75, 3.05) is 12.3 Å². The smallest absolute Gasteiger partial charge is 0.209 e.